The van der Waals surface area contributed by atoms with Crippen LogP contribution in [0.25, 0.3) is 11.3 Å². The van der Waals surface area contributed by atoms with Gasteiger partial charge in [0.2, 0.25) is 0 Å². The highest BCUT2D eigenvalue weighted by Crippen LogP contribution is 2.37. The fourth-order valence-electron chi connectivity index (χ4n) is 2.31. The number of benzene rings is 2. The molecule has 1 aromatic heterocycles. The summed E-state index contributed by atoms with van der Waals surface area (Å²) in [5, 5.41) is 10.6. The molecule has 174 valence electrons. The first-order valence-electron chi connectivity index (χ1n) is 10.3. The zero-order valence-corrected chi connectivity index (χ0v) is 20.3. The van der Waals surface area contributed by atoms with Crippen molar-refractivity contribution < 1.29 is 18.3 Å². The standard InChI is InChI=1S/C19H16F3N3OS2.2C2H6/c1-2-25-28-16-11-12(3-8-15(16)26)17-18(24-10-9-23-17)27-14-6-4-13(5-7-14)19(20,21)22;2*1-2/h3-11,25-26H,2H2,1H3;2*1-2H3. The molecule has 1 heterocycles. The first-order valence-corrected chi connectivity index (χ1v) is 11.9. The largest absolute Gasteiger partial charge is 0.507 e. The maximum atomic E-state index is 12.7. The number of aromatic nitrogens is 2. The quantitative estimate of drug-likeness (QED) is 0.351. The summed E-state index contributed by atoms with van der Waals surface area (Å²) < 4.78 is 41.3. The van der Waals surface area contributed by atoms with Crippen molar-refractivity contribution in [2.75, 3.05) is 6.54 Å². The van der Waals surface area contributed by atoms with Crippen LogP contribution in [0.3, 0.4) is 0 Å². The SMILES string of the molecule is CC.CC.CCNSc1cc(-c2nccnc2Sc2ccc(C(F)(F)F)cc2)ccc1O. The number of hydrogen-bond donors (Lipinski definition) is 2. The molecular formula is C23H28F3N3OS2. The molecule has 0 radical (unpaired) electrons. The molecule has 0 aliphatic carbocycles. The number of alkyl halides is 3. The van der Waals surface area contributed by atoms with Crippen LogP contribution >= 0.6 is 23.7 Å². The van der Waals surface area contributed by atoms with E-state index in [4.69, 9.17) is 0 Å². The van der Waals surface area contributed by atoms with Crippen LogP contribution in [0, 0.1) is 0 Å². The molecule has 0 amide bonds. The van der Waals surface area contributed by atoms with Crippen molar-refractivity contribution in [3.05, 3.63) is 60.4 Å². The fourth-order valence-corrected chi connectivity index (χ4v) is 3.85. The summed E-state index contributed by atoms with van der Waals surface area (Å²) in [5.74, 6) is 0.149. The van der Waals surface area contributed by atoms with Crippen molar-refractivity contribution in [3.8, 4) is 17.0 Å². The van der Waals surface area contributed by atoms with Crippen molar-refractivity contribution in [1.29, 1.82) is 0 Å². The maximum Gasteiger partial charge on any atom is 0.416 e. The normalized spacial score (nSPS) is 10.5. The van der Waals surface area contributed by atoms with Gasteiger partial charge >= 0.3 is 6.18 Å². The average Bonchev–Trinajstić information content (AvgIpc) is 2.81. The van der Waals surface area contributed by atoms with Gasteiger partial charge in [-0.05, 0) is 54.4 Å². The monoisotopic (exact) mass is 483 g/mol. The van der Waals surface area contributed by atoms with E-state index >= 15 is 0 Å². The number of nitrogens with one attached hydrogen (secondary N) is 1. The second kappa shape index (κ2) is 14.0. The van der Waals surface area contributed by atoms with E-state index in [0.29, 0.717) is 20.5 Å². The van der Waals surface area contributed by atoms with Crippen LogP contribution in [0.5, 0.6) is 5.75 Å². The summed E-state index contributed by atoms with van der Waals surface area (Å²) in [5.41, 5.74) is 0.645. The van der Waals surface area contributed by atoms with Crippen LogP contribution < -0.4 is 4.72 Å². The van der Waals surface area contributed by atoms with Gasteiger partial charge in [-0.2, -0.15) is 13.2 Å². The van der Waals surface area contributed by atoms with Gasteiger partial charge in [-0.1, -0.05) is 46.4 Å². The lowest BCUT2D eigenvalue weighted by atomic mass is 10.1. The van der Waals surface area contributed by atoms with Crippen molar-refractivity contribution in [1.82, 2.24) is 14.7 Å². The second-order valence-electron chi connectivity index (χ2n) is 5.62. The van der Waals surface area contributed by atoms with Gasteiger partial charge < -0.3 is 5.11 Å². The first kappa shape index (κ1) is 27.8. The Bertz CT molecular complexity index is 952. The Morgan fingerprint density at radius 2 is 1.56 bits per heavy atom. The maximum absolute atomic E-state index is 12.7. The van der Waals surface area contributed by atoms with Gasteiger partial charge in [0.15, 0.2) is 0 Å². The molecule has 0 spiro atoms. The molecule has 3 rings (SSSR count). The summed E-state index contributed by atoms with van der Waals surface area (Å²) in [6.07, 6.45) is -1.28. The van der Waals surface area contributed by atoms with E-state index in [-0.39, 0.29) is 5.75 Å². The Morgan fingerprint density at radius 3 is 2.16 bits per heavy atom. The lowest BCUT2D eigenvalue weighted by molar-refractivity contribution is -0.137. The van der Waals surface area contributed by atoms with Crippen LogP contribution in [-0.4, -0.2) is 21.6 Å². The van der Waals surface area contributed by atoms with Crippen molar-refractivity contribution in [3.63, 3.8) is 0 Å². The highest BCUT2D eigenvalue weighted by molar-refractivity contribution is 7.99. The van der Waals surface area contributed by atoms with Gasteiger partial charge in [0, 0.05) is 29.4 Å². The lowest BCUT2D eigenvalue weighted by Gasteiger charge is -2.11. The van der Waals surface area contributed by atoms with Crippen LogP contribution in [0.4, 0.5) is 13.2 Å². The van der Waals surface area contributed by atoms with E-state index in [0.717, 1.165) is 24.2 Å². The predicted octanol–water partition coefficient (Wildman–Crippen LogP) is 7.69. The molecule has 0 fully saturated rings. The Hall–Kier alpha value is -2.23. The molecule has 4 nitrogen and oxygen atoms in total. The summed E-state index contributed by atoms with van der Waals surface area (Å²) in [6, 6.07) is 10.0. The number of rotatable bonds is 6. The molecular weight excluding hydrogens is 455 g/mol. The molecule has 0 saturated carbocycles. The lowest BCUT2D eigenvalue weighted by Crippen LogP contribution is -2.03. The zero-order chi connectivity index (χ0) is 24.1. The third kappa shape index (κ3) is 8.03. The molecule has 3 aromatic rings. The summed E-state index contributed by atoms with van der Waals surface area (Å²) in [4.78, 5) is 9.98. The van der Waals surface area contributed by atoms with Crippen molar-refractivity contribution in [2.45, 2.75) is 55.6 Å². The van der Waals surface area contributed by atoms with E-state index in [1.54, 1.807) is 24.4 Å². The van der Waals surface area contributed by atoms with E-state index in [2.05, 4.69) is 14.7 Å². The molecule has 9 heteroatoms. The van der Waals surface area contributed by atoms with E-state index in [1.165, 1.54) is 42.0 Å². The number of halogens is 3. The third-order valence-corrected chi connectivity index (χ3v) is 5.60. The van der Waals surface area contributed by atoms with Crippen LogP contribution in [0.15, 0.2) is 69.7 Å². The minimum absolute atomic E-state index is 0.149. The highest BCUT2D eigenvalue weighted by Gasteiger charge is 2.30. The minimum atomic E-state index is -4.37. The molecule has 0 saturated heterocycles. The first-order chi connectivity index (χ1) is 15.4. The fraction of sp³-hybridized carbons (Fsp3) is 0.304. The van der Waals surface area contributed by atoms with Gasteiger partial charge in [0.25, 0.3) is 0 Å². The average molecular weight is 484 g/mol. The Balaban J connectivity index is 0.00000121. The highest BCUT2D eigenvalue weighted by atomic mass is 32.2. The van der Waals surface area contributed by atoms with Gasteiger partial charge in [-0.15, -0.1) is 0 Å². The molecule has 2 N–H and O–H groups in total. The number of phenols is 1. The number of aromatic hydroxyl groups is 1. The minimum Gasteiger partial charge on any atom is -0.507 e. The third-order valence-electron chi connectivity index (χ3n) is 3.62. The summed E-state index contributed by atoms with van der Waals surface area (Å²) in [6.45, 7) is 10.7. The Labute approximate surface area is 196 Å². The van der Waals surface area contributed by atoms with Gasteiger partial charge in [0.05, 0.1) is 10.5 Å². The van der Waals surface area contributed by atoms with Crippen LogP contribution in [-0.2, 0) is 6.18 Å². The van der Waals surface area contributed by atoms with E-state index < -0.39 is 11.7 Å². The molecule has 0 atom stereocenters. The van der Waals surface area contributed by atoms with Crippen molar-refractivity contribution in [2.24, 2.45) is 0 Å². The Morgan fingerprint density at radius 1 is 0.938 bits per heavy atom. The Kier molecular flexibility index (Phi) is 12.2. The predicted molar refractivity (Wildman–Crippen MR) is 127 cm³/mol. The van der Waals surface area contributed by atoms with Crippen LogP contribution in [0.2, 0.25) is 0 Å². The van der Waals surface area contributed by atoms with E-state index in [9.17, 15) is 18.3 Å². The van der Waals surface area contributed by atoms with Gasteiger partial charge in [-0.3, -0.25) is 9.71 Å². The topological polar surface area (TPSA) is 58.0 Å². The van der Waals surface area contributed by atoms with Gasteiger partial charge in [-0.25, -0.2) is 4.98 Å². The second-order valence-corrected chi connectivity index (χ2v) is 7.61. The molecule has 32 heavy (non-hydrogen) atoms. The summed E-state index contributed by atoms with van der Waals surface area (Å²) >= 11 is 2.54. The van der Waals surface area contributed by atoms with Gasteiger partial charge in [0.1, 0.15) is 16.5 Å². The number of phenolic OH excluding ortho intramolecular Hbond substituents is 1. The molecule has 0 bridgehead atoms. The van der Waals surface area contributed by atoms with E-state index in [1.807, 2.05) is 34.6 Å². The molecule has 0 unspecified atom stereocenters. The molecule has 0 aliphatic rings. The molecule has 0 aliphatic heterocycles. The number of nitrogens with zero attached hydrogens (tertiary/aromatic N) is 2. The molecule has 2 aromatic carbocycles. The summed E-state index contributed by atoms with van der Waals surface area (Å²) in [7, 11) is 0. The van der Waals surface area contributed by atoms with Crippen LogP contribution in [0.1, 0.15) is 40.2 Å². The smallest absolute Gasteiger partial charge is 0.416 e. The number of hydrogen-bond acceptors (Lipinski definition) is 6. The van der Waals surface area contributed by atoms with Crippen molar-refractivity contribution >= 4 is 23.7 Å². The zero-order valence-electron chi connectivity index (χ0n) is 18.7.